The molecule has 3 rings (SSSR count). The van der Waals surface area contributed by atoms with Crippen molar-refractivity contribution in [3.8, 4) is 6.07 Å². The number of nitrogens with zero attached hydrogens (tertiary/aromatic N) is 1. The molecule has 0 aromatic carbocycles. The first-order valence-electron chi connectivity index (χ1n) is 7.23. The second-order valence-corrected chi connectivity index (χ2v) is 6.54. The molecule has 1 aliphatic carbocycles. The first kappa shape index (κ1) is 14.3. The predicted octanol–water partition coefficient (Wildman–Crippen LogP) is 1.95. The molecule has 0 radical (unpaired) electrons. The summed E-state index contributed by atoms with van der Waals surface area (Å²) in [6, 6.07) is 5.83. The van der Waals surface area contributed by atoms with Gasteiger partial charge < -0.3 is 10.5 Å². The minimum Gasteiger partial charge on any atom is -0.444 e. The Bertz CT molecular complexity index is 739. The molecule has 1 unspecified atom stereocenters. The zero-order valence-electron chi connectivity index (χ0n) is 12.6. The van der Waals surface area contributed by atoms with Crippen LogP contribution in [0.25, 0.3) is 0 Å². The Hall–Kier alpha value is -2.61. The average Bonchev–Trinajstić information content (AvgIpc) is 2.45. The van der Waals surface area contributed by atoms with Crippen molar-refractivity contribution in [1.82, 2.24) is 0 Å². The minimum absolute atomic E-state index is 0.0281. The SMILES string of the molecule is CC1(C)CC(=O)C2=C(C1)OC(N)=C(C#N)C2c1ccc[nH+]c1. The van der Waals surface area contributed by atoms with Gasteiger partial charge in [0, 0.05) is 30.0 Å². The molecule has 0 fully saturated rings. The van der Waals surface area contributed by atoms with Gasteiger partial charge in [0.2, 0.25) is 5.88 Å². The number of H-pyrrole nitrogens is 1. The summed E-state index contributed by atoms with van der Waals surface area (Å²) in [6.07, 6.45) is 4.66. The molecule has 0 amide bonds. The van der Waals surface area contributed by atoms with Gasteiger partial charge in [-0.05, 0) is 11.5 Å². The standard InChI is InChI=1S/C17H17N3O2/c1-17(2)6-12(21)15-13(7-17)22-16(19)11(8-18)14(15)10-4-3-5-20-9-10/h3-5,9,14H,6-7,19H2,1-2H3/p+1. The molecular weight excluding hydrogens is 278 g/mol. The van der Waals surface area contributed by atoms with Crippen molar-refractivity contribution in [2.75, 3.05) is 0 Å². The van der Waals surface area contributed by atoms with Crippen molar-refractivity contribution < 1.29 is 14.5 Å². The summed E-state index contributed by atoms with van der Waals surface area (Å²) in [7, 11) is 0. The van der Waals surface area contributed by atoms with Gasteiger partial charge >= 0.3 is 0 Å². The van der Waals surface area contributed by atoms with Crippen LogP contribution in [0, 0.1) is 16.7 Å². The number of rotatable bonds is 1. The zero-order valence-corrected chi connectivity index (χ0v) is 12.6. The number of hydrogen-bond acceptors (Lipinski definition) is 4. The van der Waals surface area contributed by atoms with Crippen molar-refractivity contribution in [3.63, 3.8) is 0 Å². The molecule has 5 heteroatoms. The van der Waals surface area contributed by atoms with E-state index in [1.54, 1.807) is 12.4 Å². The molecule has 3 N–H and O–H groups in total. The van der Waals surface area contributed by atoms with E-state index in [4.69, 9.17) is 10.5 Å². The second-order valence-electron chi connectivity index (χ2n) is 6.54. The highest BCUT2D eigenvalue weighted by Gasteiger charge is 2.43. The van der Waals surface area contributed by atoms with Crippen LogP contribution in [0.3, 0.4) is 0 Å². The van der Waals surface area contributed by atoms with Crippen molar-refractivity contribution >= 4 is 5.78 Å². The number of ether oxygens (including phenoxy) is 1. The number of aromatic amines is 1. The van der Waals surface area contributed by atoms with Crippen LogP contribution in [0.2, 0.25) is 0 Å². The molecule has 0 saturated heterocycles. The molecule has 112 valence electrons. The summed E-state index contributed by atoms with van der Waals surface area (Å²) < 4.78 is 5.63. The third kappa shape index (κ3) is 2.27. The summed E-state index contributed by atoms with van der Waals surface area (Å²) in [6.45, 7) is 4.06. The molecule has 0 spiro atoms. The molecule has 2 heterocycles. The normalized spacial score (nSPS) is 23.7. The van der Waals surface area contributed by atoms with E-state index in [9.17, 15) is 10.1 Å². The number of carbonyl (C=O) groups is 1. The lowest BCUT2D eigenvalue weighted by Crippen LogP contribution is -2.33. The second kappa shape index (κ2) is 4.99. The van der Waals surface area contributed by atoms with E-state index in [2.05, 4.69) is 11.1 Å². The number of nitrogens with two attached hydrogens (primary N) is 1. The number of aromatic nitrogens is 1. The lowest BCUT2D eigenvalue weighted by molar-refractivity contribution is -0.378. The number of nitrogens with one attached hydrogen (secondary N) is 1. The van der Waals surface area contributed by atoms with E-state index in [0.29, 0.717) is 29.7 Å². The number of allylic oxidation sites excluding steroid dienone is 3. The molecule has 1 aliphatic heterocycles. The maximum Gasteiger partial charge on any atom is 0.205 e. The van der Waals surface area contributed by atoms with E-state index in [1.165, 1.54) is 0 Å². The summed E-state index contributed by atoms with van der Waals surface area (Å²) in [4.78, 5) is 15.7. The number of carbonyl (C=O) groups excluding carboxylic acids is 1. The number of nitriles is 1. The average molecular weight is 296 g/mol. The van der Waals surface area contributed by atoms with Crippen LogP contribution < -0.4 is 10.7 Å². The summed E-state index contributed by atoms with van der Waals surface area (Å²) in [5, 5.41) is 9.46. The minimum atomic E-state index is -0.449. The molecule has 1 aromatic rings. The third-order valence-corrected chi connectivity index (χ3v) is 4.14. The largest absolute Gasteiger partial charge is 0.444 e. The fraction of sp³-hybridized carbons (Fsp3) is 0.353. The Morgan fingerprint density at radius 2 is 2.23 bits per heavy atom. The molecule has 0 saturated carbocycles. The maximum atomic E-state index is 12.7. The Balaban J connectivity index is 2.18. The number of Topliss-reactive ketones (excluding diaryl/α,β-unsaturated/α-hetero) is 1. The van der Waals surface area contributed by atoms with E-state index < -0.39 is 5.92 Å². The predicted molar refractivity (Wildman–Crippen MR) is 78.7 cm³/mol. The van der Waals surface area contributed by atoms with Gasteiger partial charge in [-0.15, -0.1) is 0 Å². The Morgan fingerprint density at radius 3 is 2.86 bits per heavy atom. The molecule has 2 aliphatic rings. The van der Waals surface area contributed by atoms with Gasteiger partial charge in [-0.2, -0.15) is 5.26 Å². The summed E-state index contributed by atoms with van der Waals surface area (Å²) in [5.41, 5.74) is 7.49. The summed E-state index contributed by atoms with van der Waals surface area (Å²) >= 11 is 0. The van der Waals surface area contributed by atoms with E-state index in [-0.39, 0.29) is 17.1 Å². The smallest absolute Gasteiger partial charge is 0.205 e. The van der Waals surface area contributed by atoms with Crippen molar-refractivity contribution in [2.45, 2.75) is 32.6 Å². The van der Waals surface area contributed by atoms with Crippen LogP contribution in [0.4, 0.5) is 0 Å². The third-order valence-electron chi connectivity index (χ3n) is 4.14. The van der Waals surface area contributed by atoms with Crippen LogP contribution in [-0.2, 0) is 9.53 Å². The lowest BCUT2D eigenvalue weighted by Gasteiger charge is -2.36. The fourth-order valence-electron chi connectivity index (χ4n) is 3.20. The van der Waals surface area contributed by atoms with Gasteiger partial charge in [-0.3, -0.25) is 4.79 Å². The van der Waals surface area contributed by atoms with Gasteiger partial charge in [0.15, 0.2) is 18.2 Å². The Labute approximate surface area is 129 Å². The highest BCUT2D eigenvalue weighted by atomic mass is 16.5. The van der Waals surface area contributed by atoms with Crippen molar-refractivity contribution in [2.24, 2.45) is 11.1 Å². The van der Waals surface area contributed by atoms with Crippen LogP contribution in [0.5, 0.6) is 0 Å². The van der Waals surface area contributed by atoms with Gasteiger partial charge in [0.1, 0.15) is 17.4 Å². The van der Waals surface area contributed by atoms with Crippen LogP contribution in [0.15, 0.2) is 47.3 Å². The van der Waals surface area contributed by atoms with E-state index >= 15 is 0 Å². The Morgan fingerprint density at radius 1 is 1.45 bits per heavy atom. The monoisotopic (exact) mass is 296 g/mol. The highest BCUT2D eigenvalue weighted by molar-refractivity contribution is 6.00. The van der Waals surface area contributed by atoms with Gasteiger partial charge in [-0.1, -0.05) is 13.8 Å². The molecule has 1 aromatic heterocycles. The van der Waals surface area contributed by atoms with Gasteiger partial charge in [-0.25, -0.2) is 4.98 Å². The molecule has 22 heavy (non-hydrogen) atoms. The molecule has 5 nitrogen and oxygen atoms in total. The lowest BCUT2D eigenvalue weighted by atomic mass is 9.70. The molecule has 1 atom stereocenters. The maximum absolute atomic E-state index is 12.7. The van der Waals surface area contributed by atoms with Gasteiger partial charge in [0.25, 0.3) is 0 Å². The first-order valence-corrected chi connectivity index (χ1v) is 7.23. The van der Waals surface area contributed by atoms with Crippen LogP contribution >= 0.6 is 0 Å². The van der Waals surface area contributed by atoms with Gasteiger partial charge in [0.05, 0.1) is 5.92 Å². The topological polar surface area (TPSA) is 90.2 Å². The van der Waals surface area contributed by atoms with Crippen LogP contribution in [-0.4, -0.2) is 5.78 Å². The van der Waals surface area contributed by atoms with Crippen molar-refractivity contribution in [3.05, 3.63) is 52.9 Å². The fourth-order valence-corrected chi connectivity index (χ4v) is 3.20. The van der Waals surface area contributed by atoms with E-state index in [1.807, 2.05) is 26.0 Å². The van der Waals surface area contributed by atoms with Crippen LogP contribution in [0.1, 0.15) is 38.2 Å². The molecular formula is C17H18N3O2+. The number of hydrogen-bond donors (Lipinski definition) is 1. The Kier molecular flexibility index (Phi) is 3.25. The number of ketones is 1. The molecule has 0 bridgehead atoms. The van der Waals surface area contributed by atoms with E-state index in [0.717, 1.165) is 5.56 Å². The highest BCUT2D eigenvalue weighted by Crippen LogP contribution is 2.47. The zero-order chi connectivity index (χ0) is 15.9. The van der Waals surface area contributed by atoms with Crippen molar-refractivity contribution in [1.29, 1.82) is 5.26 Å². The summed E-state index contributed by atoms with van der Waals surface area (Å²) in [5.74, 6) is 0.280. The first-order chi connectivity index (χ1) is 10.4. The number of pyridine rings is 1. The quantitative estimate of drug-likeness (QED) is 0.857.